The van der Waals surface area contributed by atoms with E-state index in [-0.39, 0.29) is 10.7 Å². The molecule has 0 spiro atoms. The number of rotatable bonds is 3. The number of halogens is 1. The lowest BCUT2D eigenvalue weighted by molar-refractivity contribution is -0.117. The van der Waals surface area contributed by atoms with Gasteiger partial charge in [0.05, 0.1) is 4.83 Å². The summed E-state index contributed by atoms with van der Waals surface area (Å²) >= 11 is 3.25. The highest BCUT2D eigenvalue weighted by molar-refractivity contribution is 9.10. The zero-order valence-electron chi connectivity index (χ0n) is 8.03. The molecule has 2 aromatic rings. The lowest BCUT2D eigenvalue weighted by Gasteiger charge is -2.05. The molecule has 2 rings (SSSR count). The third-order valence-corrected chi connectivity index (χ3v) is 3.12. The second-order valence-corrected chi connectivity index (χ2v) is 4.58. The molecule has 0 aliphatic heterocycles. The molecule has 0 aliphatic rings. The van der Waals surface area contributed by atoms with E-state index in [0.717, 1.165) is 11.1 Å². The van der Waals surface area contributed by atoms with E-state index in [2.05, 4.69) is 20.9 Å². The van der Waals surface area contributed by atoms with Gasteiger partial charge in [-0.1, -0.05) is 28.1 Å². The molecule has 1 aromatic carbocycles. The van der Waals surface area contributed by atoms with Gasteiger partial charge < -0.3 is 10.7 Å². The first-order valence-electron chi connectivity index (χ1n) is 4.66. The number of fused-ring (bicyclic) bond motifs is 1. The van der Waals surface area contributed by atoms with E-state index in [1.54, 1.807) is 0 Å². The van der Waals surface area contributed by atoms with Gasteiger partial charge in [0, 0.05) is 11.7 Å². The Bertz CT molecular complexity index is 492. The summed E-state index contributed by atoms with van der Waals surface area (Å²) in [5.74, 6) is -0.332. The normalized spacial score (nSPS) is 12.9. The van der Waals surface area contributed by atoms with Crippen LogP contribution in [0.1, 0.15) is 5.56 Å². The number of amides is 1. The minimum Gasteiger partial charge on any atom is -0.369 e. The number of carbonyl (C=O) groups is 1. The molecule has 0 saturated carbocycles. The molecule has 4 heteroatoms. The number of nitrogens with one attached hydrogen (secondary N) is 1. The predicted molar refractivity (Wildman–Crippen MR) is 63.9 cm³/mol. The fourth-order valence-electron chi connectivity index (χ4n) is 1.53. The second-order valence-electron chi connectivity index (χ2n) is 3.47. The second kappa shape index (κ2) is 4.06. The van der Waals surface area contributed by atoms with E-state index >= 15 is 0 Å². The maximum absolute atomic E-state index is 10.9. The average Bonchev–Trinajstić information content (AvgIpc) is 2.64. The van der Waals surface area contributed by atoms with Crippen LogP contribution in [0.2, 0.25) is 0 Å². The molecule has 0 saturated heterocycles. The summed E-state index contributed by atoms with van der Waals surface area (Å²) in [4.78, 5) is 13.7. The predicted octanol–water partition coefficient (Wildman–Crippen LogP) is 1.96. The number of hydrogen-bond donors (Lipinski definition) is 2. The number of aromatic amines is 1. The van der Waals surface area contributed by atoms with Crippen molar-refractivity contribution in [2.45, 2.75) is 11.2 Å². The Morgan fingerprint density at radius 1 is 1.47 bits per heavy atom. The summed E-state index contributed by atoms with van der Waals surface area (Å²) in [6, 6.07) is 8.08. The number of aromatic nitrogens is 1. The first kappa shape index (κ1) is 10.2. The van der Waals surface area contributed by atoms with Gasteiger partial charge in [0.25, 0.3) is 0 Å². The summed E-state index contributed by atoms with van der Waals surface area (Å²) in [6.45, 7) is 0. The van der Waals surface area contributed by atoms with Crippen molar-refractivity contribution in [3.05, 3.63) is 36.0 Å². The summed E-state index contributed by atoms with van der Waals surface area (Å²) < 4.78 is 0. The van der Waals surface area contributed by atoms with Gasteiger partial charge in [-0.3, -0.25) is 4.79 Å². The fraction of sp³-hybridized carbons (Fsp3) is 0.182. The Hall–Kier alpha value is -1.29. The maximum Gasteiger partial charge on any atom is 0.231 e. The van der Waals surface area contributed by atoms with Crippen molar-refractivity contribution in [2.24, 2.45) is 5.73 Å². The van der Waals surface area contributed by atoms with Crippen molar-refractivity contribution in [2.75, 3.05) is 0 Å². The molecule has 1 unspecified atom stereocenters. The van der Waals surface area contributed by atoms with Crippen LogP contribution >= 0.6 is 15.9 Å². The van der Waals surface area contributed by atoms with Crippen molar-refractivity contribution in [3.8, 4) is 0 Å². The number of hydrogen-bond acceptors (Lipinski definition) is 1. The van der Waals surface area contributed by atoms with E-state index in [0.29, 0.717) is 6.42 Å². The van der Waals surface area contributed by atoms with Gasteiger partial charge in [0.2, 0.25) is 5.91 Å². The average molecular weight is 267 g/mol. The first-order chi connectivity index (χ1) is 7.16. The van der Waals surface area contributed by atoms with Crippen LogP contribution in [-0.2, 0) is 11.2 Å². The molecule has 0 radical (unpaired) electrons. The number of H-pyrrole nitrogens is 1. The van der Waals surface area contributed by atoms with Gasteiger partial charge in [-0.15, -0.1) is 0 Å². The van der Waals surface area contributed by atoms with Crippen LogP contribution in [0.4, 0.5) is 0 Å². The molecule has 0 bridgehead atoms. The third-order valence-electron chi connectivity index (χ3n) is 2.34. The van der Waals surface area contributed by atoms with Crippen LogP contribution < -0.4 is 5.73 Å². The fourth-order valence-corrected chi connectivity index (χ4v) is 1.90. The molecule has 78 valence electrons. The lowest BCUT2D eigenvalue weighted by Crippen LogP contribution is -2.24. The molecule has 15 heavy (non-hydrogen) atoms. The number of primary amides is 1. The van der Waals surface area contributed by atoms with Crippen LogP contribution in [0.3, 0.4) is 0 Å². The molecule has 0 aliphatic carbocycles. The Morgan fingerprint density at radius 2 is 2.27 bits per heavy atom. The van der Waals surface area contributed by atoms with Crippen molar-refractivity contribution in [1.29, 1.82) is 0 Å². The number of benzene rings is 1. The molecule has 1 amide bonds. The maximum atomic E-state index is 10.9. The molecule has 3 N–H and O–H groups in total. The SMILES string of the molecule is NC(=O)C(Br)Cc1ccc2cc[nH]c2c1. The molecule has 0 fully saturated rings. The Morgan fingerprint density at radius 3 is 3.00 bits per heavy atom. The molecular formula is C11H11BrN2O. The van der Waals surface area contributed by atoms with Gasteiger partial charge >= 0.3 is 0 Å². The standard InChI is InChI=1S/C11H11BrN2O/c12-9(11(13)15)5-7-1-2-8-3-4-14-10(8)6-7/h1-4,6,9,14H,5H2,(H2,13,15). The zero-order valence-corrected chi connectivity index (χ0v) is 9.62. The van der Waals surface area contributed by atoms with Gasteiger partial charge in [0.15, 0.2) is 0 Å². The number of nitrogens with two attached hydrogens (primary N) is 1. The van der Waals surface area contributed by atoms with Crippen LogP contribution in [0, 0.1) is 0 Å². The molecule has 1 aromatic heterocycles. The Kier molecular flexibility index (Phi) is 2.77. The number of alkyl halides is 1. The molecule has 1 atom stereocenters. The quantitative estimate of drug-likeness (QED) is 0.820. The zero-order chi connectivity index (χ0) is 10.8. The topological polar surface area (TPSA) is 58.9 Å². The van der Waals surface area contributed by atoms with Crippen LogP contribution in [-0.4, -0.2) is 15.7 Å². The molecule has 3 nitrogen and oxygen atoms in total. The minimum atomic E-state index is -0.332. The smallest absolute Gasteiger partial charge is 0.231 e. The van der Waals surface area contributed by atoms with E-state index in [9.17, 15) is 4.79 Å². The summed E-state index contributed by atoms with van der Waals surface area (Å²) in [5.41, 5.74) is 7.35. The highest BCUT2D eigenvalue weighted by atomic mass is 79.9. The Labute approximate surface area is 95.8 Å². The van der Waals surface area contributed by atoms with Crippen LogP contribution in [0.25, 0.3) is 10.9 Å². The summed E-state index contributed by atoms with van der Waals surface area (Å²) in [6.07, 6.45) is 2.51. The van der Waals surface area contributed by atoms with E-state index < -0.39 is 0 Å². The van der Waals surface area contributed by atoms with E-state index in [4.69, 9.17) is 5.73 Å². The van der Waals surface area contributed by atoms with Gasteiger partial charge in [-0.2, -0.15) is 0 Å². The van der Waals surface area contributed by atoms with E-state index in [1.807, 2.05) is 30.5 Å². The third kappa shape index (κ3) is 2.21. The Balaban J connectivity index is 2.24. The minimum absolute atomic E-state index is 0.301. The summed E-state index contributed by atoms with van der Waals surface area (Å²) in [7, 11) is 0. The first-order valence-corrected chi connectivity index (χ1v) is 5.58. The monoisotopic (exact) mass is 266 g/mol. The molecule has 1 heterocycles. The summed E-state index contributed by atoms with van der Waals surface area (Å²) in [5, 5.41) is 1.17. The highest BCUT2D eigenvalue weighted by Gasteiger charge is 2.11. The van der Waals surface area contributed by atoms with Gasteiger partial charge in [-0.05, 0) is 29.5 Å². The molecular weight excluding hydrogens is 256 g/mol. The lowest BCUT2D eigenvalue weighted by atomic mass is 10.1. The van der Waals surface area contributed by atoms with Gasteiger partial charge in [-0.25, -0.2) is 0 Å². The van der Waals surface area contributed by atoms with E-state index in [1.165, 1.54) is 5.39 Å². The van der Waals surface area contributed by atoms with Crippen molar-refractivity contribution < 1.29 is 4.79 Å². The van der Waals surface area contributed by atoms with Crippen molar-refractivity contribution in [3.63, 3.8) is 0 Å². The highest BCUT2D eigenvalue weighted by Crippen LogP contribution is 2.17. The van der Waals surface area contributed by atoms with Gasteiger partial charge in [0.1, 0.15) is 0 Å². The van der Waals surface area contributed by atoms with Crippen molar-refractivity contribution in [1.82, 2.24) is 4.98 Å². The van der Waals surface area contributed by atoms with Crippen molar-refractivity contribution >= 4 is 32.7 Å². The number of carbonyl (C=O) groups excluding carboxylic acids is 1. The van der Waals surface area contributed by atoms with Crippen LogP contribution in [0.5, 0.6) is 0 Å². The van der Waals surface area contributed by atoms with Crippen LogP contribution in [0.15, 0.2) is 30.5 Å². The largest absolute Gasteiger partial charge is 0.369 e.